The molecule has 8 heteroatoms. The SMILES string of the molecule is C[C@H](C(O)C(c1cc(C(C)(C)C)co1)n1nnc2ccccc21)N1[Si](C)(C)CC[Si]1(C)C. The number of fused-ring (bicyclic) bond motifs is 1. The average Bonchev–Trinajstić information content (AvgIpc) is 3.39. The number of aliphatic hydroxyl groups is 1. The first kappa shape index (κ1) is 23.4. The number of benzene rings is 1. The van der Waals surface area contributed by atoms with Crippen LogP contribution in [0.15, 0.2) is 41.0 Å². The van der Waals surface area contributed by atoms with Gasteiger partial charge >= 0.3 is 0 Å². The highest BCUT2D eigenvalue weighted by molar-refractivity contribution is 6.95. The highest BCUT2D eigenvalue weighted by Crippen LogP contribution is 2.41. The number of nitrogens with zero attached hydrogens (tertiary/aromatic N) is 4. The Labute approximate surface area is 193 Å². The van der Waals surface area contributed by atoms with E-state index in [1.165, 1.54) is 12.1 Å². The zero-order chi connectivity index (χ0) is 23.5. The van der Waals surface area contributed by atoms with Gasteiger partial charge in [-0.1, -0.05) is 64.3 Å². The highest BCUT2D eigenvalue weighted by atomic mass is 28.4. The molecule has 0 saturated carbocycles. The van der Waals surface area contributed by atoms with Crippen LogP contribution in [0.5, 0.6) is 0 Å². The van der Waals surface area contributed by atoms with Crippen LogP contribution < -0.4 is 0 Å². The zero-order valence-electron chi connectivity index (χ0n) is 20.8. The van der Waals surface area contributed by atoms with E-state index in [0.29, 0.717) is 0 Å². The molecule has 3 aromatic rings. The van der Waals surface area contributed by atoms with Crippen LogP contribution in [0.2, 0.25) is 38.3 Å². The second-order valence-electron chi connectivity index (χ2n) is 11.7. The number of aliphatic hydroxyl groups excluding tert-OH is 1. The molecule has 4 rings (SSSR count). The van der Waals surface area contributed by atoms with Crippen molar-refractivity contribution in [3.05, 3.63) is 47.9 Å². The van der Waals surface area contributed by atoms with Crippen molar-refractivity contribution in [2.24, 2.45) is 0 Å². The van der Waals surface area contributed by atoms with E-state index in [0.717, 1.165) is 22.4 Å². The maximum atomic E-state index is 12.0. The summed E-state index contributed by atoms with van der Waals surface area (Å²) in [5.74, 6) is 0.739. The normalized spacial score (nSPS) is 21.7. The Morgan fingerprint density at radius 2 is 1.69 bits per heavy atom. The Bertz CT molecular complexity index is 1080. The van der Waals surface area contributed by atoms with Crippen molar-refractivity contribution >= 4 is 27.5 Å². The van der Waals surface area contributed by atoms with Crippen molar-refractivity contribution < 1.29 is 9.52 Å². The van der Waals surface area contributed by atoms with Crippen molar-refractivity contribution in [1.29, 1.82) is 0 Å². The summed E-state index contributed by atoms with van der Waals surface area (Å²) < 4.78 is 10.7. The van der Waals surface area contributed by atoms with Crippen LogP contribution in [0.25, 0.3) is 11.0 Å². The quantitative estimate of drug-likeness (QED) is 0.507. The molecule has 1 saturated heterocycles. The molecule has 0 spiro atoms. The number of aromatic nitrogens is 3. The van der Waals surface area contributed by atoms with Gasteiger partial charge in [0, 0.05) is 6.04 Å². The van der Waals surface area contributed by atoms with Gasteiger partial charge < -0.3 is 13.8 Å². The third kappa shape index (κ3) is 4.02. The van der Waals surface area contributed by atoms with Crippen LogP contribution in [-0.2, 0) is 5.41 Å². The van der Waals surface area contributed by atoms with Crippen LogP contribution in [0.4, 0.5) is 0 Å². The molecule has 1 aliphatic heterocycles. The first-order chi connectivity index (χ1) is 14.8. The molecule has 3 atom stereocenters. The second kappa shape index (κ2) is 7.93. The lowest BCUT2D eigenvalue weighted by Gasteiger charge is -2.46. The molecule has 1 fully saturated rings. The number of furan rings is 1. The van der Waals surface area contributed by atoms with Crippen molar-refractivity contribution in [2.45, 2.75) is 89.6 Å². The lowest BCUT2D eigenvalue weighted by molar-refractivity contribution is 0.0686. The molecule has 0 aliphatic carbocycles. The van der Waals surface area contributed by atoms with Crippen molar-refractivity contribution in [1.82, 2.24) is 19.2 Å². The first-order valence-corrected chi connectivity index (χ1v) is 18.0. The maximum absolute atomic E-state index is 12.0. The first-order valence-electron chi connectivity index (χ1n) is 11.7. The Balaban J connectivity index is 1.81. The summed E-state index contributed by atoms with van der Waals surface area (Å²) in [7, 11) is -3.16. The number of hydrogen-bond acceptors (Lipinski definition) is 5. The highest BCUT2D eigenvalue weighted by Gasteiger charge is 2.52. The molecular formula is C24H38N4O2Si2. The molecule has 0 bridgehead atoms. The molecule has 1 N–H and O–H groups in total. The van der Waals surface area contributed by atoms with E-state index >= 15 is 0 Å². The maximum Gasteiger partial charge on any atom is 0.139 e. The Morgan fingerprint density at radius 3 is 2.28 bits per heavy atom. The Kier molecular flexibility index (Phi) is 5.80. The predicted molar refractivity (Wildman–Crippen MR) is 135 cm³/mol. The summed E-state index contributed by atoms with van der Waals surface area (Å²) in [5, 5.41) is 20.8. The van der Waals surface area contributed by atoms with Gasteiger partial charge in [0.25, 0.3) is 0 Å². The van der Waals surface area contributed by atoms with Crippen LogP contribution in [0.1, 0.15) is 45.1 Å². The lowest BCUT2D eigenvalue weighted by Crippen LogP contribution is -2.62. The molecule has 2 aromatic heterocycles. The van der Waals surface area contributed by atoms with Gasteiger partial charge in [0.05, 0.1) is 17.9 Å². The van der Waals surface area contributed by atoms with E-state index < -0.39 is 28.6 Å². The molecule has 32 heavy (non-hydrogen) atoms. The van der Waals surface area contributed by atoms with E-state index in [1.54, 1.807) is 0 Å². The van der Waals surface area contributed by atoms with Crippen LogP contribution in [0.3, 0.4) is 0 Å². The van der Waals surface area contributed by atoms with E-state index in [4.69, 9.17) is 4.42 Å². The predicted octanol–water partition coefficient (Wildman–Crippen LogP) is 5.39. The number of hydrogen-bond donors (Lipinski definition) is 1. The average molecular weight is 471 g/mol. The van der Waals surface area contributed by atoms with Gasteiger partial charge in [0.1, 0.15) is 33.8 Å². The molecule has 0 amide bonds. The van der Waals surface area contributed by atoms with Gasteiger partial charge in [0.15, 0.2) is 0 Å². The number of rotatable bonds is 5. The van der Waals surface area contributed by atoms with Crippen molar-refractivity contribution in [2.75, 3.05) is 0 Å². The van der Waals surface area contributed by atoms with Crippen LogP contribution in [-0.4, -0.2) is 52.9 Å². The second-order valence-corrected chi connectivity index (χ2v) is 21.3. The van der Waals surface area contributed by atoms with Crippen molar-refractivity contribution in [3.8, 4) is 0 Å². The molecule has 1 aromatic carbocycles. The minimum Gasteiger partial charge on any atom is -0.467 e. The van der Waals surface area contributed by atoms with Gasteiger partial charge in [-0.15, -0.1) is 5.10 Å². The molecular weight excluding hydrogens is 432 g/mol. The third-order valence-corrected chi connectivity index (χ3v) is 17.8. The summed E-state index contributed by atoms with van der Waals surface area (Å²) in [6, 6.07) is 12.2. The van der Waals surface area contributed by atoms with Gasteiger partial charge in [-0.3, -0.25) is 0 Å². The minimum atomic E-state index is -1.58. The third-order valence-electron chi connectivity index (χ3n) is 7.30. The summed E-state index contributed by atoms with van der Waals surface area (Å²) in [4.78, 5) is 0. The van der Waals surface area contributed by atoms with Crippen LogP contribution in [0, 0.1) is 0 Å². The fourth-order valence-electron chi connectivity index (χ4n) is 5.62. The molecule has 6 nitrogen and oxygen atoms in total. The standard InChI is InChI=1S/C24H38N4O2Si2/c1-17(28-31(5,6)13-14-32(28,7)8)23(29)22(21-15-18(16-30-21)24(2,3)4)27-20-12-10-9-11-19(20)25-26-27/h9-12,15-17,22-23,29H,13-14H2,1-8H3/t17-,22?,23?/m1/s1. The topological polar surface area (TPSA) is 67.3 Å². The summed E-state index contributed by atoms with van der Waals surface area (Å²) in [6.07, 6.45) is 1.15. The molecule has 0 radical (unpaired) electrons. The van der Waals surface area contributed by atoms with E-state index in [9.17, 15) is 5.11 Å². The van der Waals surface area contributed by atoms with E-state index in [1.807, 2.05) is 35.2 Å². The van der Waals surface area contributed by atoms with E-state index in [-0.39, 0.29) is 11.5 Å². The zero-order valence-corrected chi connectivity index (χ0v) is 22.8. The fourth-order valence-corrected chi connectivity index (χ4v) is 20.7. The van der Waals surface area contributed by atoms with E-state index in [2.05, 4.69) is 74.5 Å². The summed E-state index contributed by atoms with van der Waals surface area (Å²) in [6.45, 7) is 18.5. The summed E-state index contributed by atoms with van der Waals surface area (Å²) >= 11 is 0. The Hall–Kier alpha value is -1.75. The summed E-state index contributed by atoms with van der Waals surface area (Å²) in [5.41, 5.74) is 2.82. The number of para-hydroxylation sites is 1. The monoisotopic (exact) mass is 470 g/mol. The van der Waals surface area contributed by atoms with Gasteiger partial charge in [-0.05, 0) is 48.2 Å². The van der Waals surface area contributed by atoms with Crippen LogP contribution >= 0.6 is 0 Å². The van der Waals surface area contributed by atoms with Gasteiger partial charge in [-0.25, -0.2) is 4.68 Å². The molecule has 3 heterocycles. The minimum absolute atomic E-state index is 0.0111. The Morgan fingerprint density at radius 1 is 1.06 bits per heavy atom. The molecule has 1 aliphatic rings. The largest absolute Gasteiger partial charge is 0.467 e. The lowest BCUT2D eigenvalue weighted by atomic mass is 9.88. The molecule has 174 valence electrons. The smallest absolute Gasteiger partial charge is 0.139 e. The van der Waals surface area contributed by atoms with Gasteiger partial charge in [-0.2, -0.15) is 0 Å². The fraction of sp³-hybridized carbons (Fsp3) is 0.583. The molecule has 2 unspecified atom stereocenters. The van der Waals surface area contributed by atoms with Crippen molar-refractivity contribution in [3.63, 3.8) is 0 Å². The van der Waals surface area contributed by atoms with Gasteiger partial charge in [0.2, 0.25) is 0 Å².